The number of anilines is 1. The Bertz CT molecular complexity index is 1150. The van der Waals surface area contributed by atoms with Crippen LogP contribution in [0, 0.1) is 0 Å². The van der Waals surface area contributed by atoms with Crippen molar-refractivity contribution in [3.05, 3.63) is 53.6 Å². The Balaban J connectivity index is 1.47. The number of ether oxygens (including phenoxy) is 1. The fourth-order valence-corrected chi connectivity index (χ4v) is 5.35. The van der Waals surface area contributed by atoms with Crippen molar-refractivity contribution in [1.29, 1.82) is 0 Å². The van der Waals surface area contributed by atoms with Gasteiger partial charge in [-0.25, -0.2) is 9.78 Å². The van der Waals surface area contributed by atoms with Crippen LogP contribution in [0.5, 0.6) is 5.75 Å². The fourth-order valence-electron chi connectivity index (χ4n) is 4.24. The minimum absolute atomic E-state index is 0.202. The van der Waals surface area contributed by atoms with Crippen LogP contribution in [0.2, 0.25) is 0 Å². The van der Waals surface area contributed by atoms with E-state index in [1.54, 1.807) is 6.07 Å². The first-order valence-electron chi connectivity index (χ1n) is 11.1. The number of benzene rings is 2. The molecular weight excluding hydrogens is 467 g/mol. The lowest BCUT2D eigenvalue weighted by Gasteiger charge is -2.41. The largest absolute Gasteiger partial charge is 0.482 e. The van der Waals surface area contributed by atoms with Gasteiger partial charge in [0.15, 0.2) is 11.7 Å². The second-order valence-corrected chi connectivity index (χ2v) is 9.39. The smallest absolute Gasteiger partial charge is 0.416 e. The molecule has 0 radical (unpaired) electrons. The summed E-state index contributed by atoms with van der Waals surface area (Å²) < 4.78 is 45.1. The Morgan fingerprint density at radius 1 is 1.24 bits per heavy atom. The lowest BCUT2D eigenvalue weighted by atomic mass is 10.1. The Morgan fingerprint density at radius 3 is 2.79 bits per heavy atom. The lowest BCUT2D eigenvalue weighted by molar-refractivity contribution is -0.139. The first-order valence-corrected chi connectivity index (χ1v) is 11.9. The molecule has 0 saturated carbocycles. The highest BCUT2D eigenvalue weighted by Crippen LogP contribution is 2.36. The minimum atomic E-state index is -4.37. The number of carboxylic acids is 1. The molecule has 0 spiro atoms. The molecular formula is C24H26F3N3O3S. The van der Waals surface area contributed by atoms with Crippen molar-refractivity contribution in [2.75, 3.05) is 31.1 Å². The summed E-state index contributed by atoms with van der Waals surface area (Å²) in [6.45, 7) is 4.75. The van der Waals surface area contributed by atoms with Gasteiger partial charge in [0.05, 0.1) is 15.8 Å². The van der Waals surface area contributed by atoms with Crippen LogP contribution < -0.4 is 9.64 Å². The maximum Gasteiger partial charge on any atom is 0.416 e. The van der Waals surface area contributed by atoms with E-state index in [0.29, 0.717) is 22.5 Å². The maximum absolute atomic E-state index is 13.1. The van der Waals surface area contributed by atoms with Crippen molar-refractivity contribution >= 4 is 32.7 Å². The normalized spacial score (nSPS) is 17.3. The number of rotatable bonds is 8. The number of aromatic nitrogens is 1. The predicted octanol–water partition coefficient (Wildman–Crippen LogP) is 5.27. The van der Waals surface area contributed by atoms with E-state index in [2.05, 4.69) is 21.7 Å². The molecule has 4 rings (SSSR count). The molecule has 1 fully saturated rings. The van der Waals surface area contributed by atoms with Gasteiger partial charge < -0.3 is 14.7 Å². The third kappa shape index (κ3) is 5.79. The number of nitrogens with zero attached hydrogens (tertiary/aromatic N) is 3. The Kier molecular flexibility index (Phi) is 7.27. The van der Waals surface area contributed by atoms with Crippen LogP contribution in [0.3, 0.4) is 0 Å². The van der Waals surface area contributed by atoms with E-state index in [-0.39, 0.29) is 12.6 Å². The summed E-state index contributed by atoms with van der Waals surface area (Å²) in [5, 5.41) is 9.57. The summed E-state index contributed by atoms with van der Waals surface area (Å²) in [6, 6.07) is 11.3. The summed E-state index contributed by atoms with van der Waals surface area (Å²) in [5.74, 6) is -0.496. The second kappa shape index (κ2) is 10.2. The van der Waals surface area contributed by atoms with Crippen molar-refractivity contribution in [3.63, 3.8) is 0 Å². The number of carboxylic acid groups (broad SMARTS) is 1. The third-order valence-corrected chi connectivity index (χ3v) is 6.86. The molecule has 1 saturated heterocycles. The third-order valence-electron chi connectivity index (χ3n) is 5.81. The van der Waals surface area contributed by atoms with E-state index >= 15 is 0 Å². The molecule has 10 heteroatoms. The number of hydrogen-bond donors (Lipinski definition) is 1. The average Bonchev–Trinajstić information content (AvgIpc) is 3.21. The van der Waals surface area contributed by atoms with Crippen molar-refractivity contribution < 1.29 is 27.8 Å². The van der Waals surface area contributed by atoms with Gasteiger partial charge in [-0.15, -0.1) is 0 Å². The Labute approximate surface area is 199 Å². The van der Waals surface area contributed by atoms with E-state index in [1.165, 1.54) is 23.5 Å². The summed E-state index contributed by atoms with van der Waals surface area (Å²) >= 11 is 1.31. The molecule has 1 N–H and O–H groups in total. The van der Waals surface area contributed by atoms with Gasteiger partial charge in [0, 0.05) is 32.2 Å². The van der Waals surface area contributed by atoms with Gasteiger partial charge in [-0.3, -0.25) is 4.90 Å². The zero-order chi connectivity index (χ0) is 24.3. The molecule has 34 heavy (non-hydrogen) atoms. The van der Waals surface area contributed by atoms with Gasteiger partial charge in [0.2, 0.25) is 0 Å². The van der Waals surface area contributed by atoms with Gasteiger partial charge in [-0.2, -0.15) is 13.2 Å². The number of hydrogen-bond acceptors (Lipinski definition) is 6. The number of alkyl halides is 3. The summed E-state index contributed by atoms with van der Waals surface area (Å²) in [6.07, 6.45) is -2.44. The zero-order valence-corrected chi connectivity index (χ0v) is 19.5. The molecule has 3 aromatic rings. The molecule has 0 unspecified atom stereocenters. The molecule has 2 heterocycles. The van der Waals surface area contributed by atoms with Gasteiger partial charge in [0.1, 0.15) is 5.75 Å². The van der Waals surface area contributed by atoms with Crippen molar-refractivity contribution in [2.45, 2.75) is 38.5 Å². The van der Waals surface area contributed by atoms with Gasteiger partial charge in [-0.1, -0.05) is 36.8 Å². The predicted molar refractivity (Wildman–Crippen MR) is 126 cm³/mol. The van der Waals surface area contributed by atoms with Crippen LogP contribution in [-0.2, 0) is 17.5 Å². The van der Waals surface area contributed by atoms with Crippen LogP contribution in [-0.4, -0.2) is 53.2 Å². The fraction of sp³-hybridized carbons (Fsp3) is 0.417. The monoisotopic (exact) mass is 493 g/mol. The van der Waals surface area contributed by atoms with Crippen LogP contribution in [0.25, 0.3) is 10.2 Å². The molecule has 0 amide bonds. The number of fused-ring (bicyclic) bond motifs is 1. The van der Waals surface area contributed by atoms with E-state index in [0.717, 1.165) is 49.2 Å². The molecule has 1 aliphatic rings. The number of halogens is 3. The van der Waals surface area contributed by atoms with Crippen LogP contribution >= 0.6 is 11.3 Å². The topological polar surface area (TPSA) is 65.9 Å². The molecule has 1 atom stereocenters. The Hall–Kier alpha value is -2.85. The number of piperazine rings is 1. The minimum Gasteiger partial charge on any atom is -0.482 e. The summed E-state index contributed by atoms with van der Waals surface area (Å²) in [7, 11) is 0. The van der Waals surface area contributed by atoms with E-state index in [1.807, 2.05) is 18.2 Å². The second-order valence-electron chi connectivity index (χ2n) is 8.38. The van der Waals surface area contributed by atoms with E-state index < -0.39 is 17.7 Å². The first-order chi connectivity index (χ1) is 16.2. The highest BCUT2D eigenvalue weighted by molar-refractivity contribution is 7.22. The summed E-state index contributed by atoms with van der Waals surface area (Å²) in [4.78, 5) is 19.9. The van der Waals surface area contributed by atoms with E-state index in [4.69, 9.17) is 9.84 Å². The Morgan fingerprint density at radius 2 is 2.06 bits per heavy atom. The number of thiazole rings is 1. The van der Waals surface area contributed by atoms with Crippen LogP contribution in [0.4, 0.5) is 18.3 Å². The van der Waals surface area contributed by atoms with Crippen molar-refractivity contribution in [1.82, 2.24) is 9.88 Å². The highest BCUT2D eigenvalue weighted by Gasteiger charge is 2.32. The van der Waals surface area contributed by atoms with Gasteiger partial charge in [0.25, 0.3) is 0 Å². The molecule has 1 aromatic heterocycles. The summed E-state index contributed by atoms with van der Waals surface area (Å²) in [5.41, 5.74) is 0.967. The van der Waals surface area contributed by atoms with Gasteiger partial charge >= 0.3 is 12.1 Å². The molecule has 0 bridgehead atoms. The van der Waals surface area contributed by atoms with E-state index in [9.17, 15) is 18.0 Å². The zero-order valence-electron chi connectivity index (χ0n) is 18.7. The number of aliphatic carboxylic acids is 1. The standard InChI is InChI=1S/C24H26F3N3O3S/c1-2-4-18-14-29(13-16-5-3-6-19(11-16)33-15-22(31)32)9-10-30(18)23-28-20-8-7-17(24(25,26)27)12-21(20)34-23/h3,5-8,11-12,18H,2,4,9-10,13-15H2,1H3,(H,31,32)/t18-/m1/s1. The first kappa shape index (κ1) is 24.3. The van der Waals surface area contributed by atoms with Crippen LogP contribution in [0.15, 0.2) is 42.5 Å². The SMILES string of the molecule is CCC[C@@H]1CN(Cc2cccc(OCC(=O)O)c2)CCN1c1nc2ccc(C(F)(F)F)cc2s1. The number of carbonyl (C=O) groups is 1. The van der Waals surface area contributed by atoms with Crippen LogP contribution in [0.1, 0.15) is 30.9 Å². The molecule has 1 aliphatic heterocycles. The van der Waals surface area contributed by atoms with Crippen molar-refractivity contribution in [3.8, 4) is 5.75 Å². The lowest BCUT2D eigenvalue weighted by Crippen LogP contribution is -2.52. The van der Waals surface area contributed by atoms with Gasteiger partial charge in [-0.05, 0) is 42.3 Å². The maximum atomic E-state index is 13.1. The van der Waals surface area contributed by atoms with Crippen molar-refractivity contribution in [2.24, 2.45) is 0 Å². The highest BCUT2D eigenvalue weighted by atomic mass is 32.1. The molecule has 2 aromatic carbocycles. The molecule has 0 aliphatic carbocycles. The quantitative estimate of drug-likeness (QED) is 0.461. The average molecular weight is 494 g/mol. The molecule has 182 valence electrons. The molecule has 6 nitrogen and oxygen atoms in total.